The Morgan fingerprint density at radius 1 is 0.790 bits per heavy atom. The molecule has 0 spiro atoms. The number of esters is 2. The van der Waals surface area contributed by atoms with Gasteiger partial charge in [0.25, 0.3) is 5.91 Å². The second kappa shape index (κ2) is 25.4. The lowest BCUT2D eigenvalue weighted by Crippen LogP contribution is -2.56. The maximum absolute atomic E-state index is 14.2. The molecule has 0 aromatic heterocycles. The Bertz CT molecular complexity index is 1700. The fourth-order valence-corrected chi connectivity index (χ4v) is 7.43. The molecule has 0 saturated carbocycles. The van der Waals surface area contributed by atoms with E-state index in [4.69, 9.17) is 9.47 Å². The summed E-state index contributed by atoms with van der Waals surface area (Å²) in [5, 5.41) is 16.9. The van der Waals surface area contributed by atoms with E-state index in [1.807, 2.05) is 65.0 Å². The minimum atomic E-state index is -1.26. The summed E-state index contributed by atoms with van der Waals surface area (Å²) < 4.78 is 11.8. The highest BCUT2D eigenvalue weighted by atomic mass is 16.6. The van der Waals surface area contributed by atoms with Crippen LogP contribution in [0.15, 0.2) is 42.0 Å². The predicted octanol–water partition coefficient (Wildman–Crippen LogP) is 4.44. The molecule has 15 nitrogen and oxygen atoms in total. The SMILES string of the molecule is CCC[C@H](C)[C@H]1OC(=O)[C@H](C)N(C)C(=O)[C@H]([C@@H](C)CC)NC(=O)CCN(C)C(=O)[C@@H](Cc2ccccc2)N(C)C(=O)[C@H](C)NC(=O)[C@@H]([C@@H](C)CC)OC(=O)/C(C)=C/C[C@H](O)[C@@H]1C. The van der Waals surface area contributed by atoms with Crippen molar-refractivity contribution in [3.63, 3.8) is 0 Å². The van der Waals surface area contributed by atoms with Crippen LogP contribution in [0.3, 0.4) is 0 Å². The first kappa shape index (κ1) is 53.3. The van der Waals surface area contributed by atoms with Gasteiger partial charge in [-0.3, -0.25) is 24.0 Å². The molecule has 0 saturated heterocycles. The van der Waals surface area contributed by atoms with Crippen molar-refractivity contribution in [1.82, 2.24) is 25.3 Å². The molecule has 348 valence electrons. The predicted molar refractivity (Wildman–Crippen MR) is 237 cm³/mol. The number of aliphatic hydroxyl groups is 1. The molecule has 1 aromatic rings. The van der Waals surface area contributed by atoms with Gasteiger partial charge in [0.1, 0.15) is 30.3 Å². The maximum atomic E-state index is 14.2. The van der Waals surface area contributed by atoms with E-state index in [0.29, 0.717) is 19.3 Å². The van der Waals surface area contributed by atoms with Crippen LogP contribution < -0.4 is 10.6 Å². The number of likely N-dealkylation sites (N-methyl/N-ethyl adjacent to an activating group) is 3. The number of carbonyl (C=O) groups is 7. The molecule has 0 unspecified atom stereocenters. The third-order valence-electron chi connectivity index (χ3n) is 12.5. The Hall–Kier alpha value is -4.79. The van der Waals surface area contributed by atoms with Crippen LogP contribution in [0.5, 0.6) is 0 Å². The number of amides is 5. The molecule has 15 heteroatoms. The summed E-state index contributed by atoms with van der Waals surface area (Å²) in [5.74, 6) is -5.61. The van der Waals surface area contributed by atoms with Gasteiger partial charge in [-0.25, -0.2) is 9.59 Å². The number of benzene rings is 1. The number of nitrogens with zero attached hydrogens (tertiary/aromatic N) is 3. The Balaban J connectivity index is 2.63. The third kappa shape index (κ3) is 14.9. The Morgan fingerprint density at radius 2 is 1.40 bits per heavy atom. The molecule has 0 aliphatic carbocycles. The van der Waals surface area contributed by atoms with E-state index in [2.05, 4.69) is 10.6 Å². The van der Waals surface area contributed by atoms with Gasteiger partial charge in [-0.15, -0.1) is 0 Å². The number of nitrogens with one attached hydrogen (secondary N) is 2. The summed E-state index contributed by atoms with van der Waals surface area (Å²) in [6.07, 6.45) is 0.953. The van der Waals surface area contributed by atoms with Crippen molar-refractivity contribution in [2.24, 2.45) is 23.7 Å². The van der Waals surface area contributed by atoms with Gasteiger partial charge in [0, 0.05) is 57.9 Å². The minimum absolute atomic E-state index is 0.00927. The average molecular weight is 870 g/mol. The maximum Gasteiger partial charge on any atom is 0.334 e. The molecular weight excluding hydrogens is 795 g/mol. The van der Waals surface area contributed by atoms with Crippen LogP contribution in [0.2, 0.25) is 0 Å². The average Bonchev–Trinajstić information content (AvgIpc) is 3.26. The van der Waals surface area contributed by atoms with Crippen LogP contribution in [0, 0.1) is 23.7 Å². The van der Waals surface area contributed by atoms with Crippen LogP contribution in [0.25, 0.3) is 0 Å². The van der Waals surface area contributed by atoms with Crippen LogP contribution in [-0.4, -0.2) is 131 Å². The fraction of sp³-hybridized carbons (Fsp3) is 0.681. The monoisotopic (exact) mass is 870 g/mol. The van der Waals surface area contributed by atoms with Crippen molar-refractivity contribution in [2.45, 2.75) is 157 Å². The van der Waals surface area contributed by atoms with E-state index < -0.39 is 95.8 Å². The number of hydrogen-bond donors (Lipinski definition) is 3. The fourth-order valence-electron chi connectivity index (χ4n) is 7.43. The lowest BCUT2D eigenvalue weighted by Gasteiger charge is -2.35. The summed E-state index contributed by atoms with van der Waals surface area (Å²) in [6, 6.07) is 4.96. The van der Waals surface area contributed by atoms with Crippen molar-refractivity contribution in [2.75, 3.05) is 27.7 Å². The summed E-state index contributed by atoms with van der Waals surface area (Å²) in [7, 11) is 4.49. The lowest BCUT2D eigenvalue weighted by molar-refractivity contribution is -0.166. The Morgan fingerprint density at radius 3 is 1.98 bits per heavy atom. The molecule has 1 heterocycles. The van der Waals surface area contributed by atoms with Crippen LogP contribution >= 0.6 is 0 Å². The van der Waals surface area contributed by atoms with Crippen LogP contribution in [-0.2, 0) is 49.5 Å². The third-order valence-corrected chi connectivity index (χ3v) is 12.5. The number of hydrogen-bond acceptors (Lipinski definition) is 10. The van der Waals surface area contributed by atoms with Gasteiger partial charge >= 0.3 is 11.9 Å². The number of rotatable bonds is 9. The second-order valence-corrected chi connectivity index (χ2v) is 17.4. The van der Waals surface area contributed by atoms with Gasteiger partial charge in [-0.05, 0) is 57.4 Å². The van der Waals surface area contributed by atoms with Crippen molar-refractivity contribution in [3.8, 4) is 0 Å². The Kier molecular flexibility index (Phi) is 21.8. The van der Waals surface area contributed by atoms with Crippen molar-refractivity contribution in [1.29, 1.82) is 0 Å². The number of carbonyl (C=O) groups excluding carboxylic acids is 7. The second-order valence-electron chi connectivity index (χ2n) is 17.4. The van der Waals surface area contributed by atoms with E-state index in [1.165, 1.54) is 55.8 Å². The molecule has 0 fully saturated rings. The van der Waals surface area contributed by atoms with Crippen LogP contribution in [0.1, 0.15) is 113 Å². The molecule has 1 aliphatic rings. The highest BCUT2D eigenvalue weighted by molar-refractivity contribution is 5.95. The molecule has 11 atom stereocenters. The lowest BCUT2D eigenvalue weighted by atomic mass is 9.85. The number of ether oxygens (including phenoxy) is 2. The molecule has 62 heavy (non-hydrogen) atoms. The van der Waals surface area contributed by atoms with E-state index in [1.54, 1.807) is 20.8 Å². The summed E-state index contributed by atoms with van der Waals surface area (Å²) >= 11 is 0. The van der Waals surface area contributed by atoms with Crippen LogP contribution in [0.4, 0.5) is 0 Å². The van der Waals surface area contributed by atoms with E-state index in [0.717, 1.165) is 12.0 Å². The van der Waals surface area contributed by atoms with E-state index in [-0.39, 0.29) is 43.2 Å². The topological polar surface area (TPSA) is 192 Å². The first-order chi connectivity index (χ1) is 29.1. The smallest absolute Gasteiger partial charge is 0.334 e. The standard InChI is InChI=1S/C47H75N5O10/c1-14-20-30(6)40-32(8)37(53)24-23-31(7)46(59)62-41(29(5)16-3)42(55)48-33(9)43(56)52(13)36(27-35-21-18-17-19-22-35)44(57)50(11)26-25-38(54)49-39(28(4)15-2)45(58)51(12)34(10)47(60)61-40/h17-19,21-23,28-30,32-34,36-37,39-41,53H,14-16,20,24-27H2,1-13H3,(H,48,55)(H,49,54)/b31-23+/t28-,29-,30-,32-,33-,34-,36+,37-,39-,40+,41+/m0/s1. The van der Waals surface area contributed by atoms with Gasteiger partial charge in [0.15, 0.2) is 6.10 Å². The van der Waals surface area contributed by atoms with Gasteiger partial charge in [0.05, 0.1) is 6.10 Å². The number of aliphatic hydroxyl groups excluding tert-OH is 1. The normalized spacial score (nSPS) is 29.0. The summed E-state index contributed by atoms with van der Waals surface area (Å²) in [6.45, 7) is 17.5. The molecule has 0 bridgehead atoms. The van der Waals surface area contributed by atoms with Gasteiger partial charge in [0.2, 0.25) is 23.6 Å². The zero-order chi connectivity index (χ0) is 47.0. The largest absolute Gasteiger partial charge is 0.460 e. The zero-order valence-electron chi connectivity index (χ0n) is 39.4. The number of cyclic esters (lactones) is 2. The van der Waals surface area contributed by atoms with E-state index >= 15 is 0 Å². The van der Waals surface area contributed by atoms with Crippen molar-refractivity contribution >= 4 is 41.5 Å². The highest BCUT2D eigenvalue weighted by Crippen LogP contribution is 2.27. The van der Waals surface area contributed by atoms with Crippen molar-refractivity contribution in [3.05, 3.63) is 47.5 Å². The molecule has 5 amide bonds. The van der Waals surface area contributed by atoms with Crippen molar-refractivity contribution < 1.29 is 48.1 Å². The molecule has 3 N–H and O–H groups in total. The quantitative estimate of drug-likeness (QED) is 0.299. The Labute approximate surface area is 369 Å². The summed E-state index contributed by atoms with van der Waals surface area (Å²) in [4.78, 5) is 101. The van der Waals surface area contributed by atoms with Gasteiger partial charge in [-0.2, -0.15) is 0 Å². The first-order valence-electron chi connectivity index (χ1n) is 22.3. The molecule has 1 aliphatic heterocycles. The molecule has 0 radical (unpaired) electrons. The van der Waals surface area contributed by atoms with Gasteiger partial charge < -0.3 is 39.9 Å². The summed E-state index contributed by atoms with van der Waals surface area (Å²) in [5.41, 5.74) is 0.929. The first-order valence-corrected chi connectivity index (χ1v) is 22.3. The van der Waals surface area contributed by atoms with E-state index in [9.17, 15) is 38.7 Å². The zero-order valence-corrected chi connectivity index (χ0v) is 39.4. The highest BCUT2D eigenvalue weighted by Gasteiger charge is 2.38. The molecule has 2 rings (SSSR count). The van der Waals surface area contributed by atoms with Gasteiger partial charge in [-0.1, -0.05) is 97.7 Å². The molecular formula is C47H75N5O10. The minimum Gasteiger partial charge on any atom is -0.460 e. The molecule has 1 aromatic carbocycles.